The summed E-state index contributed by atoms with van der Waals surface area (Å²) < 4.78 is 66.0. The summed E-state index contributed by atoms with van der Waals surface area (Å²) in [4.78, 5) is 23.0. The van der Waals surface area contributed by atoms with E-state index in [1.165, 1.54) is 0 Å². The van der Waals surface area contributed by atoms with Crippen LogP contribution < -0.4 is 4.90 Å². The summed E-state index contributed by atoms with van der Waals surface area (Å²) in [5.41, 5.74) is 0. The summed E-state index contributed by atoms with van der Waals surface area (Å²) in [7, 11) is -5.17. The van der Waals surface area contributed by atoms with Gasteiger partial charge in [-0.1, -0.05) is 13.2 Å². The fourth-order valence-electron chi connectivity index (χ4n) is 3.03. The molecule has 45 heavy (non-hydrogen) atoms. The topological polar surface area (TPSA) is 275 Å². The first-order valence-electron chi connectivity index (χ1n) is 13.9. The molecule has 18 nitrogen and oxygen atoms in total. The molecule has 0 aromatic rings. The summed E-state index contributed by atoms with van der Waals surface area (Å²) in [6.07, 6.45) is -0.423. The molecule has 266 valence electrons. The van der Waals surface area contributed by atoms with Gasteiger partial charge in [0.05, 0.1) is 51.3 Å². The molecular weight excluding hydrogens is 630 g/mol. The number of nitrogens with one attached hydrogen (secondary N) is 1. The monoisotopic (exact) mass is 678 g/mol. The molecule has 0 aliphatic carbocycles. The van der Waals surface area contributed by atoms with Gasteiger partial charge in [0.1, 0.15) is 32.4 Å². The van der Waals surface area contributed by atoms with E-state index in [-0.39, 0.29) is 85.6 Å². The molecule has 0 heterocycles. The zero-order chi connectivity index (χ0) is 34.5. The van der Waals surface area contributed by atoms with Crippen LogP contribution in [0.5, 0.6) is 0 Å². The van der Waals surface area contributed by atoms with Crippen LogP contribution in [-0.2, 0) is 48.4 Å². The van der Waals surface area contributed by atoms with Crippen LogP contribution in [0.3, 0.4) is 0 Å². The van der Waals surface area contributed by atoms with Crippen LogP contribution in [0, 0.1) is 0 Å². The number of aliphatic hydroxyl groups is 5. The predicted molar refractivity (Wildman–Crippen MR) is 152 cm³/mol. The van der Waals surface area contributed by atoms with E-state index < -0.39 is 46.8 Å². The smallest absolute Gasteiger partial charge is 0.330 e. The Bertz CT molecular complexity index is 862. The van der Waals surface area contributed by atoms with Gasteiger partial charge in [0.15, 0.2) is 6.73 Å². The van der Waals surface area contributed by atoms with Crippen LogP contribution in [0.4, 0.5) is 0 Å². The molecule has 0 spiro atoms. The molecule has 0 aromatic carbocycles. The number of esters is 2. The average molecular weight is 679 g/mol. The Morgan fingerprint density at radius 1 is 0.711 bits per heavy atom. The molecule has 0 rings (SSSR count). The van der Waals surface area contributed by atoms with Crippen molar-refractivity contribution in [2.24, 2.45) is 0 Å². The van der Waals surface area contributed by atoms with Crippen LogP contribution >= 0.6 is 0 Å². The molecule has 0 bridgehead atoms. The van der Waals surface area contributed by atoms with E-state index in [0.717, 1.165) is 17.1 Å². The second-order valence-corrected chi connectivity index (χ2v) is 10.1. The van der Waals surface area contributed by atoms with Crippen LogP contribution in [0.1, 0.15) is 19.3 Å². The molecule has 0 fully saturated rings. The highest BCUT2D eigenvalue weighted by molar-refractivity contribution is 7.79. The number of hydrogen-bond acceptors (Lipinski definition) is 17. The quantitative estimate of drug-likeness (QED) is 0.0114. The second kappa shape index (κ2) is 29.3. The third-order valence-electron chi connectivity index (χ3n) is 5.32. The summed E-state index contributed by atoms with van der Waals surface area (Å²) >= 11 is 0. The molecule has 0 aromatic heterocycles. The van der Waals surface area contributed by atoms with Crippen molar-refractivity contribution in [1.29, 1.82) is 0 Å². The van der Waals surface area contributed by atoms with Gasteiger partial charge in [0.25, 0.3) is 0 Å². The number of aliphatic hydroxyl groups excluding tert-OH is 5. The van der Waals surface area contributed by atoms with Gasteiger partial charge in [0, 0.05) is 48.8 Å². The van der Waals surface area contributed by atoms with Gasteiger partial charge in [-0.25, -0.2) is 9.59 Å². The fraction of sp³-hybridized carbons (Fsp3) is 0.769. The number of carbonyl (C=O) groups is 2. The molecule has 0 radical (unpaired) electrons. The predicted octanol–water partition coefficient (Wildman–Crippen LogP) is -4.38. The van der Waals surface area contributed by atoms with Gasteiger partial charge >= 0.3 is 11.9 Å². The minimum atomic E-state index is -5.17. The van der Waals surface area contributed by atoms with Crippen LogP contribution in [-0.4, -0.2) is 165 Å². The number of ether oxygens (including phenoxy) is 6. The Labute approximate surface area is 263 Å². The average Bonchev–Trinajstić information content (AvgIpc) is 2.97. The highest BCUT2D eigenvalue weighted by Crippen LogP contribution is 2.03. The molecular formula is C26H48NO17S-. The minimum Gasteiger partial charge on any atom is -0.759 e. The number of carbonyl (C=O) groups excluding carboxylic acids is 2. The van der Waals surface area contributed by atoms with Crippen LogP contribution in [0.25, 0.3) is 0 Å². The Balaban J connectivity index is 0. The Morgan fingerprint density at radius 3 is 1.51 bits per heavy atom. The van der Waals surface area contributed by atoms with Crippen molar-refractivity contribution in [3.05, 3.63) is 25.3 Å². The van der Waals surface area contributed by atoms with E-state index in [4.69, 9.17) is 56.2 Å². The molecule has 0 amide bonds. The van der Waals surface area contributed by atoms with Crippen LogP contribution in [0.15, 0.2) is 25.3 Å². The number of rotatable bonds is 28. The number of hydrogen-bond donors (Lipinski definition) is 6. The van der Waals surface area contributed by atoms with E-state index >= 15 is 0 Å². The third kappa shape index (κ3) is 34.6. The van der Waals surface area contributed by atoms with E-state index in [0.29, 0.717) is 19.5 Å². The van der Waals surface area contributed by atoms with Gasteiger partial charge in [0.2, 0.25) is 0 Å². The van der Waals surface area contributed by atoms with E-state index in [2.05, 4.69) is 13.2 Å². The lowest BCUT2D eigenvalue weighted by atomic mass is 10.2. The first-order valence-corrected chi connectivity index (χ1v) is 15.3. The molecule has 6 N–H and O–H groups in total. The highest BCUT2D eigenvalue weighted by atomic mass is 32.3. The molecule has 4 atom stereocenters. The van der Waals surface area contributed by atoms with Crippen molar-refractivity contribution in [3.8, 4) is 0 Å². The zero-order valence-corrected chi connectivity index (χ0v) is 26.1. The van der Waals surface area contributed by atoms with Gasteiger partial charge < -0.3 is 68.0 Å². The lowest BCUT2D eigenvalue weighted by Crippen LogP contribution is -3.13. The van der Waals surface area contributed by atoms with E-state index in [1.54, 1.807) is 0 Å². The van der Waals surface area contributed by atoms with E-state index in [1.807, 2.05) is 0 Å². The second-order valence-electron chi connectivity index (χ2n) is 9.26. The van der Waals surface area contributed by atoms with Crippen molar-refractivity contribution < 1.29 is 86.0 Å². The molecule has 0 aliphatic heterocycles. The summed E-state index contributed by atoms with van der Waals surface area (Å²) in [6, 6.07) is 0. The van der Waals surface area contributed by atoms with Gasteiger partial charge in [-0.2, -0.15) is 0 Å². The van der Waals surface area contributed by atoms with Gasteiger partial charge in [-0.05, 0) is 12.8 Å². The Morgan fingerprint density at radius 2 is 1.11 bits per heavy atom. The van der Waals surface area contributed by atoms with Gasteiger partial charge in [-0.15, -0.1) is 0 Å². The van der Waals surface area contributed by atoms with Crippen molar-refractivity contribution in [1.82, 2.24) is 0 Å². The largest absolute Gasteiger partial charge is 0.759 e. The molecule has 0 saturated carbocycles. The highest BCUT2D eigenvalue weighted by Gasteiger charge is 2.15. The zero-order valence-electron chi connectivity index (χ0n) is 25.2. The lowest BCUT2D eigenvalue weighted by Gasteiger charge is -2.21. The minimum absolute atomic E-state index is 0.0322. The van der Waals surface area contributed by atoms with E-state index in [9.17, 15) is 24.9 Å². The SMILES string of the molecule is C=CC(=O)OCC(O)CCOCC(COCCC(O)COC[NH+](CCO)CCO)OCCC(O)COC(=O)C=C.O=S(=O)([O-])[O-]. The Hall–Kier alpha value is -2.11. The molecule has 0 aliphatic rings. The molecule has 4 unspecified atom stereocenters. The standard InChI is InChI=1S/C26H47NO13.H2O4S/c1-3-25(33)39-16-22(31)6-13-36-19-24(38-14-7-23(32)17-40-26(34)4-2)18-35-12-5-21(30)15-37-20-27(8-10-28)9-11-29;1-5(2,3)4/h3-4,21-24,28-32H,1-2,5-20H2;(H2,1,2,3,4)/p-1. The maximum Gasteiger partial charge on any atom is 0.330 e. The summed E-state index contributed by atoms with van der Waals surface area (Å²) in [5.74, 6) is -1.27. The van der Waals surface area contributed by atoms with Crippen LogP contribution in [0.2, 0.25) is 0 Å². The normalized spacial score (nSPS) is 14.0. The van der Waals surface area contributed by atoms with Crippen molar-refractivity contribution in [2.45, 2.75) is 43.7 Å². The van der Waals surface area contributed by atoms with Gasteiger partial charge in [-0.3, -0.25) is 8.42 Å². The summed E-state index contributed by atoms with van der Waals surface area (Å²) in [5, 5.41) is 48.0. The summed E-state index contributed by atoms with van der Waals surface area (Å²) in [6.45, 7) is 8.04. The molecule has 0 saturated heterocycles. The Kier molecular flexibility index (Phi) is 29.3. The number of quaternary nitrogens is 1. The molecule has 19 heteroatoms. The first kappa shape index (κ1) is 45.0. The van der Waals surface area contributed by atoms with Crippen molar-refractivity contribution in [3.63, 3.8) is 0 Å². The van der Waals surface area contributed by atoms with Crippen molar-refractivity contribution >= 4 is 22.3 Å². The third-order valence-corrected chi connectivity index (χ3v) is 5.32. The maximum atomic E-state index is 11.1. The van der Waals surface area contributed by atoms with Crippen molar-refractivity contribution in [2.75, 3.05) is 85.9 Å². The fourth-order valence-corrected chi connectivity index (χ4v) is 3.03. The maximum absolute atomic E-state index is 11.1. The lowest BCUT2D eigenvalue weighted by molar-refractivity contribution is -0.920. The first-order chi connectivity index (χ1) is 21.2.